The number of carbonyl (C=O) groups excluding carboxylic acids is 1. The number of methoxy groups -OCH3 is 1. The Morgan fingerprint density at radius 3 is 2.64 bits per heavy atom. The second-order valence-electron chi connectivity index (χ2n) is 4.22. The van der Waals surface area contributed by atoms with Gasteiger partial charge in [-0.25, -0.2) is 0 Å². The molecule has 0 aliphatic rings. The fourth-order valence-electron chi connectivity index (χ4n) is 1.77. The number of benzene rings is 2. The summed E-state index contributed by atoms with van der Waals surface area (Å²) in [5, 5.41) is 14.0. The quantitative estimate of drug-likeness (QED) is 0.448. The summed E-state index contributed by atoms with van der Waals surface area (Å²) >= 11 is 7.85. The molecule has 2 rings (SSSR count). The van der Waals surface area contributed by atoms with E-state index in [-0.39, 0.29) is 11.4 Å². The molecule has 114 valence electrons. The van der Waals surface area contributed by atoms with E-state index in [1.165, 1.54) is 25.3 Å². The van der Waals surface area contributed by atoms with Crippen LogP contribution in [0.15, 0.2) is 36.4 Å². The first-order chi connectivity index (χ1) is 10.4. The largest absolute Gasteiger partial charge is 0.495 e. The predicted molar refractivity (Wildman–Crippen MR) is 91.8 cm³/mol. The maximum Gasteiger partial charge on any atom is 0.271 e. The van der Waals surface area contributed by atoms with Gasteiger partial charge in [0.2, 0.25) is 0 Å². The molecule has 2 aromatic rings. The van der Waals surface area contributed by atoms with Crippen molar-refractivity contribution in [1.82, 2.24) is 0 Å². The summed E-state index contributed by atoms with van der Waals surface area (Å²) in [6, 6.07) is 8.83. The number of nitro benzene ring substituents is 1. The summed E-state index contributed by atoms with van der Waals surface area (Å²) in [5.41, 5.74) is 0.507. The topological polar surface area (TPSA) is 81.5 Å². The third kappa shape index (κ3) is 3.66. The van der Waals surface area contributed by atoms with Crippen molar-refractivity contribution in [3.05, 3.63) is 60.7 Å². The van der Waals surface area contributed by atoms with Gasteiger partial charge in [-0.15, -0.1) is 0 Å². The molecule has 8 heteroatoms. The molecule has 0 aromatic heterocycles. The smallest absolute Gasteiger partial charge is 0.271 e. The van der Waals surface area contributed by atoms with Crippen LogP contribution < -0.4 is 10.1 Å². The van der Waals surface area contributed by atoms with Crippen molar-refractivity contribution >= 4 is 51.5 Å². The average molecular weight is 433 g/mol. The zero-order chi connectivity index (χ0) is 16.3. The molecule has 0 aliphatic heterocycles. The van der Waals surface area contributed by atoms with Gasteiger partial charge in [0.15, 0.2) is 0 Å². The Bertz CT molecular complexity index is 752. The first kappa shape index (κ1) is 16.5. The molecule has 0 saturated carbocycles. The maximum absolute atomic E-state index is 12.3. The molecule has 0 fully saturated rings. The highest BCUT2D eigenvalue weighted by Gasteiger charge is 2.16. The number of carbonyl (C=O) groups is 1. The van der Waals surface area contributed by atoms with Crippen LogP contribution in [0.4, 0.5) is 11.4 Å². The molecule has 0 radical (unpaired) electrons. The first-order valence-corrected chi connectivity index (χ1v) is 7.47. The van der Waals surface area contributed by atoms with E-state index in [2.05, 4.69) is 5.32 Å². The number of nitrogens with zero attached hydrogens (tertiary/aromatic N) is 1. The summed E-state index contributed by atoms with van der Waals surface area (Å²) in [7, 11) is 1.42. The van der Waals surface area contributed by atoms with Gasteiger partial charge in [-0.1, -0.05) is 11.6 Å². The van der Waals surface area contributed by atoms with Gasteiger partial charge < -0.3 is 10.1 Å². The third-order valence-electron chi connectivity index (χ3n) is 2.82. The second-order valence-corrected chi connectivity index (χ2v) is 5.82. The van der Waals surface area contributed by atoms with Gasteiger partial charge in [0.25, 0.3) is 11.6 Å². The number of amides is 1. The highest BCUT2D eigenvalue weighted by molar-refractivity contribution is 14.1. The van der Waals surface area contributed by atoms with E-state index >= 15 is 0 Å². The molecule has 1 N–H and O–H groups in total. The molecule has 0 saturated heterocycles. The zero-order valence-corrected chi connectivity index (χ0v) is 14.2. The van der Waals surface area contributed by atoms with Crippen molar-refractivity contribution in [3.63, 3.8) is 0 Å². The lowest BCUT2D eigenvalue weighted by Gasteiger charge is -2.11. The lowest BCUT2D eigenvalue weighted by Crippen LogP contribution is -2.14. The van der Waals surface area contributed by atoms with Crippen LogP contribution in [0.2, 0.25) is 5.02 Å². The van der Waals surface area contributed by atoms with Crippen molar-refractivity contribution in [2.24, 2.45) is 0 Å². The number of rotatable bonds is 4. The summed E-state index contributed by atoms with van der Waals surface area (Å²) in [6.07, 6.45) is 0. The molecule has 0 bridgehead atoms. The van der Waals surface area contributed by atoms with E-state index in [0.29, 0.717) is 19.9 Å². The van der Waals surface area contributed by atoms with Crippen LogP contribution in [-0.4, -0.2) is 17.9 Å². The van der Waals surface area contributed by atoms with Crippen molar-refractivity contribution in [2.75, 3.05) is 12.4 Å². The summed E-state index contributed by atoms with van der Waals surface area (Å²) < 4.78 is 5.78. The molecule has 1 amide bonds. The van der Waals surface area contributed by atoms with Crippen LogP contribution in [-0.2, 0) is 0 Å². The number of ether oxygens (including phenoxy) is 1. The van der Waals surface area contributed by atoms with Gasteiger partial charge in [-0.2, -0.15) is 0 Å². The van der Waals surface area contributed by atoms with Gasteiger partial charge in [0.05, 0.1) is 23.3 Å². The molecule has 0 unspecified atom stereocenters. The highest BCUT2D eigenvalue weighted by atomic mass is 127. The summed E-state index contributed by atoms with van der Waals surface area (Å²) in [4.78, 5) is 22.6. The summed E-state index contributed by atoms with van der Waals surface area (Å²) in [5.74, 6) is -0.0669. The minimum atomic E-state index is -0.541. The van der Waals surface area contributed by atoms with Crippen molar-refractivity contribution < 1.29 is 14.5 Å². The number of halogens is 2. The number of hydrogen-bond acceptors (Lipinski definition) is 4. The highest BCUT2D eigenvalue weighted by Crippen LogP contribution is 2.29. The molecule has 0 aliphatic carbocycles. The van der Waals surface area contributed by atoms with Gasteiger partial charge in [0, 0.05) is 20.7 Å². The monoisotopic (exact) mass is 432 g/mol. The number of nitro groups is 1. The second kappa shape index (κ2) is 6.93. The van der Waals surface area contributed by atoms with Crippen LogP contribution in [0.25, 0.3) is 0 Å². The number of hydrogen-bond donors (Lipinski definition) is 1. The van der Waals surface area contributed by atoms with E-state index in [0.717, 1.165) is 0 Å². The Hall–Kier alpha value is -1.87. The molecule has 0 atom stereocenters. The minimum absolute atomic E-state index is 0.137. The lowest BCUT2D eigenvalue weighted by molar-refractivity contribution is -0.384. The third-order valence-corrected chi connectivity index (χ3v) is 3.95. The van der Waals surface area contributed by atoms with Crippen LogP contribution in [0.1, 0.15) is 10.4 Å². The molecular weight excluding hydrogens is 423 g/mol. The molecule has 2 aromatic carbocycles. The van der Waals surface area contributed by atoms with Crippen molar-refractivity contribution in [1.29, 1.82) is 0 Å². The normalized spacial score (nSPS) is 10.1. The van der Waals surface area contributed by atoms with E-state index in [9.17, 15) is 14.9 Å². The van der Waals surface area contributed by atoms with Gasteiger partial charge in [-0.3, -0.25) is 14.9 Å². The fourth-order valence-corrected chi connectivity index (χ4v) is 2.89. The molecule has 6 nitrogen and oxygen atoms in total. The van der Waals surface area contributed by atoms with Crippen molar-refractivity contribution in [2.45, 2.75) is 0 Å². The Kier molecular flexibility index (Phi) is 5.19. The maximum atomic E-state index is 12.3. The molecular formula is C14H10ClIN2O4. The van der Waals surface area contributed by atoms with Crippen LogP contribution in [0.5, 0.6) is 5.75 Å². The zero-order valence-electron chi connectivity index (χ0n) is 11.3. The average Bonchev–Trinajstić information content (AvgIpc) is 2.46. The van der Waals surface area contributed by atoms with E-state index < -0.39 is 10.8 Å². The van der Waals surface area contributed by atoms with E-state index in [1.807, 2.05) is 22.6 Å². The molecule has 0 spiro atoms. The standard InChI is InChI=1S/C14H10ClIN2O4/c1-22-13-5-3-9(18(20)21)7-12(13)17-14(19)10-4-2-8(15)6-11(10)16/h2-7H,1H3,(H,17,19). The predicted octanol–water partition coefficient (Wildman–Crippen LogP) is 4.11. The number of anilines is 1. The fraction of sp³-hybridized carbons (Fsp3) is 0.0714. The van der Waals surface area contributed by atoms with Gasteiger partial charge >= 0.3 is 0 Å². The first-order valence-electron chi connectivity index (χ1n) is 6.01. The SMILES string of the molecule is COc1ccc([N+](=O)[O-])cc1NC(=O)c1ccc(Cl)cc1I. The Morgan fingerprint density at radius 1 is 1.32 bits per heavy atom. The van der Waals surface area contributed by atoms with Crippen LogP contribution >= 0.6 is 34.2 Å². The van der Waals surface area contributed by atoms with Crippen LogP contribution in [0, 0.1) is 13.7 Å². The van der Waals surface area contributed by atoms with Gasteiger partial charge in [-0.05, 0) is 46.9 Å². The Balaban J connectivity index is 2.34. The molecule has 0 heterocycles. The van der Waals surface area contributed by atoms with E-state index in [4.69, 9.17) is 16.3 Å². The van der Waals surface area contributed by atoms with Crippen LogP contribution in [0.3, 0.4) is 0 Å². The van der Waals surface area contributed by atoms with E-state index in [1.54, 1.807) is 18.2 Å². The minimum Gasteiger partial charge on any atom is -0.495 e. The van der Waals surface area contributed by atoms with Gasteiger partial charge in [0.1, 0.15) is 5.75 Å². The summed E-state index contributed by atoms with van der Waals surface area (Å²) in [6.45, 7) is 0. The number of non-ortho nitro benzene ring substituents is 1. The molecule has 22 heavy (non-hydrogen) atoms. The lowest BCUT2D eigenvalue weighted by atomic mass is 10.2. The number of nitrogens with one attached hydrogen (secondary N) is 1. The Labute approximate surface area is 144 Å². The Morgan fingerprint density at radius 2 is 2.05 bits per heavy atom. The van der Waals surface area contributed by atoms with Crippen molar-refractivity contribution in [3.8, 4) is 5.75 Å².